The highest BCUT2D eigenvalue weighted by Gasteiger charge is 2.25. The monoisotopic (exact) mass is 407 g/mol. The molecule has 0 fully saturated rings. The number of amides is 2. The number of carbonyl (C=O) groups excluding carboxylic acids is 2. The maximum Gasteiger partial charge on any atom is 0.239 e. The van der Waals surface area contributed by atoms with Gasteiger partial charge in [0.05, 0.1) is 6.54 Å². The van der Waals surface area contributed by atoms with Crippen LogP contribution in [0.25, 0.3) is 0 Å². The average molecular weight is 408 g/mol. The van der Waals surface area contributed by atoms with Crippen LogP contribution < -0.4 is 11.1 Å². The SMILES string of the molecule is Cc1cc(NC(=O)CN(C)C(C(N)=O)c2cccc(F)c2)ccc1Br. The average Bonchev–Trinajstić information content (AvgIpc) is 2.50. The summed E-state index contributed by atoms with van der Waals surface area (Å²) in [6.45, 7) is 1.85. The van der Waals surface area contributed by atoms with E-state index in [1.165, 1.54) is 23.1 Å². The maximum atomic E-state index is 13.4. The minimum absolute atomic E-state index is 0.0702. The zero-order chi connectivity index (χ0) is 18.6. The van der Waals surface area contributed by atoms with Gasteiger partial charge in [0.2, 0.25) is 11.8 Å². The number of hydrogen-bond acceptors (Lipinski definition) is 3. The summed E-state index contributed by atoms with van der Waals surface area (Å²) in [7, 11) is 1.59. The lowest BCUT2D eigenvalue weighted by atomic mass is 10.0. The highest BCUT2D eigenvalue weighted by molar-refractivity contribution is 9.10. The lowest BCUT2D eigenvalue weighted by Gasteiger charge is -2.25. The van der Waals surface area contributed by atoms with E-state index in [2.05, 4.69) is 21.2 Å². The molecule has 0 aliphatic carbocycles. The van der Waals surface area contributed by atoms with Crippen LogP contribution in [-0.4, -0.2) is 30.3 Å². The molecule has 0 bridgehead atoms. The number of likely N-dealkylation sites (N-methyl/N-ethyl adjacent to an activating group) is 1. The van der Waals surface area contributed by atoms with E-state index in [1.54, 1.807) is 19.2 Å². The molecule has 0 aromatic heterocycles. The molecule has 25 heavy (non-hydrogen) atoms. The topological polar surface area (TPSA) is 75.4 Å². The second-order valence-corrected chi connectivity index (χ2v) is 6.64. The van der Waals surface area contributed by atoms with Gasteiger partial charge in [-0.05, 0) is 55.4 Å². The van der Waals surface area contributed by atoms with Gasteiger partial charge in [0.15, 0.2) is 0 Å². The number of nitrogens with one attached hydrogen (secondary N) is 1. The van der Waals surface area contributed by atoms with E-state index in [4.69, 9.17) is 5.73 Å². The Balaban J connectivity index is 2.09. The molecule has 2 amide bonds. The van der Waals surface area contributed by atoms with E-state index in [1.807, 2.05) is 19.1 Å². The van der Waals surface area contributed by atoms with E-state index < -0.39 is 17.8 Å². The fraction of sp³-hybridized carbons (Fsp3) is 0.222. The first kappa shape index (κ1) is 19.1. The molecule has 2 aromatic carbocycles. The van der Waals surface area contributed by atoms with Crippen LogP contribution in [0.5, 0.6) is 0 Å². The van der Waals surface area contributed by atoms with Crippen LogP contribution in [0.2, 0.25) is 0 Å². The van der Waals surface area contributed by atoms with Crippen molar-refractivity contribution in [3.63, 3.8) is 0 Å². The number of aryl methyl sites for hydroxylation is 1. The molecule has 0 saturated heterocycles. The van der Waals surface area contributed by atoms with Gasteiger partial charge in [-0.25, -0.2) is 4.39 Å². The number of primary amides is 1. The summed E-state index contributed by atoms with van der Waals surface area (Å²) >= 11 is 3.40. The molecule has 5 nitrogen and oxygen atoms in total. The van der Waals surface area contributed by atoms with Crippen molar-refractivity contribution in [2.45, 2.75) is 13.0 Å². The Labute approximate surface area is 154 Å². The zero-order valence-corrected chi connectivity index (χ0v) is 15.5. The Morgan fingerprint density at radius 2 is 2.00 bits per heavy atom. The van der Waals surface area contributed by atoms with E-state index in [0.717, 1.165) is 10.0 Å². The fourth-order valence-corrected chi connectivity index (χ4v) is 2.80. The third-order valence-corrected chi connectivity index (χ3v) is 4.60. The molecule has 2 aromatic rings. The third-order valence-electron chi connectivity index (χ3n) is 3.71. The van der Waals surface area contributed by atoms with Crippen molar-refractivity contribution >= 4 is 33.4 Å². The van der Waals surface area contributed by atoms with E-state index in [9.17, 15) is 14.0 Å². The molecule has 7 heteroatoms. The van der Waals surface area contributed by atoms with E-state index in [-0.39, 0.29) is 12.5 Å². The molecule has 3 N–H and O–H groups in total. The van der Waals surface area contributed by atoms with Crippen molar-refractivity contribution < 1.29 is 14.0 Å². The lowest BCUT2D eigenvalue weighted by Crippen LogP contribution is -2.39. The molecule has 1 unspecified atom stereocenters. The number of benzene rings is 2. The van der Waals surface area contributed by atoms with Gasteiger partial charge in [-0.1, -0.05) is 28.1 Å². The minimum atomic E-state index is -0.895. The van der Waals surface area contributed by atoms with Crippen LogP contribution in [0.3, 0.4) is 0 Å². The smallest absolute Gasteiger partial charge is 0.239 e. The molecule has 0 saturated carbocycles. The number of hydrogen-bond donors (Lipinski definition) is 2. The van der Waals surface area contributed by atoms with Gasteiger partial charge >= 0.3 is 0 Å². The number of rotatable bonds is 6. The van der Waals surface area contributed by atoms with Crippen LogP contribution >= 0.6 is 15.9 Å². The van der Waals surface area contributed by atoms with E-state index >= 15 is 0 Å². The largest absolute Gasteiger partial charge is 0.368 e. The first-order chi connectivity index (χ1) is 11.8. The van der Waals surface area contributed by atoms with Gasteiger partial charge < -0.3 is 11.1 Å². The number of carbonyl (C=O) groups is 2. The standard InChI is InChI=1S/C18H19BrFN3O2/c1-11-8-14(6-7-15(11)19)22-16(24)10-23(2)17(18(21)25)12-4-3-5-13(20)9-12/h3-9,17H,10H2,1-2H3,(H2,21,25)(H,22,24). The van der Waals surface area contributed by atoms with Crippen LogP contribution in [0.1, 0.15) is 17.2 Å². The molecule has 0 radical (unpaired) electrons. The first-order valence-corrected chi connectivity index (χ1v) is 8.38. The van der Waals surface area contributed by atoms with E-state index in [0.29, 0.717) is 11.3 Å². The Morgan fingerprint density at radius 1 is 1.28 bits per heavy atom. The summed E-state index contributed by atoms with van der Waals surface area (Å²) in [5.41, 5.74) is 7.49. The number of nitrogens with two attached hydrogens (primary N) is 1. The third kappa shape index (κ3) is 5.11. The normalized spacial score (nSPS) is 12.0. The minimum Gasteiger partial charge on any atom is -0.368 e. The van der Waals surface area contributed by atoms with Gasteiger partial charge in [0.1, 0.15) is 11.9 Å². The first-order valence-electron chi connectivity index (χ1n) is 7.59. The van der Waals surface area contributed by atoms with Crippen molar-refractivity contribution in [3.05, 3.63) is 63.9 Å². The van der Waals surface area contributed by atoms with Gasteiger partial charge in [-0.2, -0.15) is 0 Å². The molecule has 1 atom stereocenters. The summed E-state index contributed by atoms with van der Waals surface area (Å²) in [4.78, 5) is 25.5. The summed E-state index contributed by atoms with van der Waals surface area (Å²) in [5.74, 6) is -1.42. The quantitative estimate of drug-likeness (QED) is 0.772. The van der Waals surface area contributed by atoms with Gasteiger partial charge in [-0.15, -0.1) is 0 Å². The highest BCUT2D eigenvalue weighted by Crippen LogP contribution is 2.21. The van der Waals surface area contributed by atoms with Gasteiger partial charge in [-0.3, -0.25) is 14.5 Å². The summed E-state index contributed by atoms with van der Waals surface area (Å²) in [5, 5.41) is 2.77. The van der Waals surface area contributed by atoms with Crippen LogP contribution in [0.4, 0.5) is 10.1 Å². The van der Waals surface area contributed by atoms with Crippen molar-refractivity contribution in [3.8, 4) is 0 Å². The van der Waals surface area contributed by atoms with Crippen LogP contribution in [0.15, 0.2) is 46.9 Å². The molecular formula is C18H19BrFN3O2. The molecule has 0 heterocycles. The summed E-state index contributed by atoms with van der Waals surface area (Å²) in [6.07, 6.45) is 0. The van der Waals surface area contributed by atoms with Crippen molar-refractivity contribution in [2.24, 2.45) is 5.73 Å². The second kappa shape index (κ2) is 8.22. The van der Waals surface area contributed by atoms with Crippen LogP contribution in [-0.2, 0) is 9.59 Å². The fourth-order valence-electron chi connectivity index (χ4n) is 2.55. The van der Waals surface area contributed by atoms with Gasteiger partial charge in [0, 0.05) is 10.2 Å². The summed E-state index contributed by atoms with van der Waals surface area (Å²) < 4.78 is 14.4. The second-order valence-electron chi connectivity index (χ2n) is 5.79. The molecule has 2 rings (SSSR count). The molecule has 0 aliphatic heterocycles. The van der Waals surface area contributed by atoms with Crippen molar-refractivity contribution in [1.82, 2.24) is 4.90 Å². The molecule has 0 aliphatic rings. The molecular weight excluding hydrogens is 389 g/mol. The van der Waals surface area contributed by atoms with Crippen LogP contribution in [0, 0.1) is 12.7 Å². The Kier molecular flexibility index (Phi) is 6.27. The summed E-state index contributed by atoms with van der Waals surface area (Å²) in [6, 6.07) is 10.2. The zero-order valence-electron chi connectivity index (χ0n) is 13.9. The Morgan fingerprint density at radius 3 is 2.60 bits per heavy atom. The Hall–Kier alpha value is -2.25. The van der Waals surface area contributed by atoms with Crippen molar-refractivity contribution in [1.29, 1.82) is 0 Å². The maximum absolute atomic E-state index is 13.4. The highest BCUT2D eigenvalue weighted by atomic mass is 79.9. The predicted molar refractivity (Wildman–Crippen MR) is 98.5 cm³/mol. The number of nitrogens with zero attached hydrogens (tertiary/aromatic N) is 1. The lowest BCUT2D eigenvalue weighted by molar-refractivity contribution is -0.124. The van der Waals surface area contributed by atoms with Gasteiger partial charge in [0.25, 0.3) is 0 Å². The predicted octanol–water partition coefficient (Wildman–Crippen LogP) is 2.99. The number of anilines is 1. The van der Waals surface area contributed by atoms with Crippen molar-refractivity contribution in [2.75, 3.05) is 18.9 Å². The molecule has 132 valence electrons. The molecule has 0 spiro atoms. The Bertz CT molecular complexity index is 798. The number of halogens is 2.